The lowest BCUT2D eigenvalue weighted by Crippen LogP contribution is -2.55. The Kier molecular flexibility index (Phi) is 7.42. The van der Waals surface area contributed by atoms with Crippen molar-refractivity contribution in [2.45, 2.75) is 117 Å². The lowest BCUT2D eigenvalue weighted by Gasteiger charge is -2.62. The van der Waals surface area contributed by atoms with E-state index in [0.29, 0.717) is 16.7 Å². The van der Waals surface area contributed by atoms with Gasteiger partial charge in [0.2, 0.25) is 0 Å². The highest BCUT2D eigenvalue weighted by molar-refractivity contribution is 5.36. The third kappa shape index (κ3) is 4.82. The van der Waals surface area contributed by atoms with E-state index < -0.39 is 5.60 Å². The van der Waals surface area contributed by atoms with Gasteiger partial charge in [-0.05, 0) is 122 Å². The summed E-state index contributed by atoms with van der Waals surface area (Å²) >= 11 is 0. The molecule has 1 nitrogen and oxygen atoms in total. The zero-order valence-electron chi connectivity index (χ0n) is 23.9. The van der Waals surface area contributed by atoms with E-state index in [0.717, 1.165) is 60.3 Å². The maximum atomic E-state index is 11.5. The monoisotopic (exact) mass is 488 g/mol. The molecule has 0 spiro atoms. The summed E-state index contributed by atoms with van der Waals surface area (Å²) in [6, 6.07) is 10.2. The first-order valence-electron chi connectivity index (χ1n) is 15.5. The summed E-state index contributed by atoms with van der Waals surface area (Å²) in [6.07, 6.45) is 15.6. The maximum absolute atomic E-state index is 11.5. The minimum atomic E-state index is -0.806. The molecule has 4 aliphatic carbocycles. The van der Waals surface area contributed by atoms with Gasteiger partial charge in [-0.15, -0.1) is 0 Å². The standard InChI is InChI=1S/C35H52O/c1-25(2)10-9-11-26(3)30-16-17-31-29-15-14-28-24-35(36,21-18-27-12-7-6-8-13-27)23-22-33(28,4)32(29)19-20-34(30,31)5/h6-8,12-13,25-26,28-32,36H,9-11,14-17,19-20,22-24H2,1-5H3/t26-,28-,29-,30+,31-,32+,33+,34-,35-/m1/s1. The maximum Gasteiger partial charge on any atom is 0.126 e. The van der Waals surface area contributed by atoms with E-state index in [-0.39, 0.29) is 0 Å². The second-order valence-corrected chi connectivity index (χ2v) is 14.5. The van der Waals surface area contributed by atoms with Crippen LogP contribution in [-0.4, -0.2) is 10.7 Å². The molecular formula is C35H52O. The topological polar surface area (TPSA) is 20.2 Å². The minimum Gasteiger partial charge on any atom is -0.378 e. The van der Waals surface area contributed by atoms with Crippen molar-refractivity contribution in [1.29, 1.82) is 0 Å². The number of rotatable bonds is 5. The van der Waals surface area contributed by atoms with Crippen molar-refractivity contribution < 1.29 is 5.11 Å². The summed E-state index contributed by atoms with van der Waals surface area (Å²) in [5.41, 5.74) is 1.17. The van der Waals surface area contributed by atoms with Gasteiger partial charge in [0.15, 0.2) is 0 Å². The van der Waals surface area contributed by atoms with Crippen LogP contribution < -0.4 is 0 Å². The van der Waals surface area contributed by atoms with Gasteiger partial charge in [-0.1, -0.05) is 83.9 Å². The minimum absolute atomic E-state index is 0.395. The summed E-state index contributed by atoms with van der Waals surface area (Å²) in [7, 11) is 0. The number of aliphatic hydroxyl groups is 1. The van der Waals surface area contributed by atoms with Gasteiger partial charge in [0.25, 0.3) is 0 Å². The Hall–Kier alpha value is -1.26. The Morgan fingerprint density at radius 3 is 2.36 bits per heavy atom. The molecule has 0 aliphatic heterocycles. The average Bonchev–Trinajstić information content (AvgIpc) is 3.21. The number of benzene rings is 1. The van der Waals surface area contributed by atoms with Gasteiger partial charge in [0, 0.05) is 5.56 Å². The normalized spacial score (nSPS) is 42.6. The van der Waals surface area contributed by atoms with Crippen molar-refractivity contribution in [1.82, 2.24) is 0 Å². The summed E-state index contributed by atoms with van der Waals surface area (Å²) in [4.78, 5) is 0. The molecule has 0 bridgehead atoms. The first kappa shape index (κ1) is 26.4. The summed E-state index contributed by atoms with van der Waals surface area (Å²) in [5.74, 6) is 12.6. The molecular weight excluding hydrogens is 436 g/mol. The lowest BCUT2D eigenvalue weighted by atomic mass is 9.43. The number of hydrogen-bond acceptors (Lipinski definition) is 1. The van der Waals surface area contributed by atoms with E-state index in [4.69, 9.17) is 0 Å². The molecule has 5 rings (SSSR count). The van der Waals surface area contributed by atoms with E-state index >= 15 is 0 Å². The summed E-state index contributed by atoms with van der Waals surface area (Å²) in [6.45, 7) is 12.6. The zero-order chi connectivity index (χ0) is 25.6. The van der Waals surface area contributed by atoms with Gasteiger partial charge in [0.05, 0.1) is 0 Å². The third-order valence-corrected chi connectivity index (χ3v) is 12.1. The van der Waals surface area contributed by atoms with E-state index in [1.807, 2.05) is 30.3 Å². The van der Waals surface area contributed by atoms with Crippen LogP contribution in [0.1, 0.15) is 117 Å². The number of hydrogen-bond donors (Lipinski definition) is 1. The first-order valence-corrected chi connectivity index (χ1v) is 15.5. The van der Waals surface area contributed by atoms with Gasteiger partial charge in [-0.2, -0.15) is 0 Å². The molecule has 0 amide bonds. The van der Waals surface area contributed by atoms with E-state index in [1.54, 1.807) is 0 Å². The van der Waals surface area contributed by atoms with Crippen LogP contribution in [0.15, 0.2) is 30.3 Å². The van der Waals surface area contributed by atoms with Gasteiger partial charge < -0.3 is 5.11 Å². The largest absolute Gasteiger partial charge is 0.378 e. The molecule has 4 aliphatic rings. The number of fused-ring (bicyclic) bond motifs is 5. The SMILES string of the molecule is CC(C)CCC[C@@H](C)[C@@H]1CC[C@@H]2[C@H]3CC[C@@H]4C[C@@](O)(C#Cc5ccccc5)CC[C@]4(C)[C@H]3CC[C@@]21C. The highest BCUT2D eigenvalue weighted by Crippen LogP contribution is 2.68. The van der Waals surface area contributed by atoms with E-state index in [9.17, 15) is 5.11 Å². The predicted molar refractivity (Wildman–Crippen MR) is 151 cm³/mol. The quantitative estimate of drug-likeness (QED) is 0.410. The van der Waals surface area contributed by atoms with Gasteiger partial charge in [-0.3, -0.25) is 0 Å². The second kappa shape index (κ2) is 10.1. The molecule has 36 heavy (non-hydrogen) atoms. The van der Waals surface area contributed by atoms with Crippen LogP contribution in [-0.2, 0) is 0 Å². The fourth-order valence-electron chi connectivity index (χ4n) is 10.1. The van der Waals surface area contributed by atoms with Crippen molar-refractivity contribution in [3.05, 3.63) is 35.9 Å². The average molecular weight is 489 g/mol. The van der Waals surface area contributed by atoms with Crippen LogP contribution in [0.25, 0.3) is 0 Å². The van der Waals surface area contributed by atoms with Crippen LogP contribution in [0, 0.1) is 64.1 Å². The molecule has 1 aromatic rings. The van der Waals surface area contributed by atoms with Crippen LogP contribution in [0.2, 0.25) is 0 Å². The fourth-order valence-corrected chi connectivity index (χ4v) is 10.1. The molecule has 0 aromatic heterocycles. The van der Waals surface area contributed by atoms with Crippen molar-refractivity contribution in [3.8, 4) is 11.8 Å². The smallest absolute Gasteiger partial charge is 0.126 e. The van der Waals surface area contributed by atoms with E-state index in [2.05, 4.69) is 46.5 Å². The Morgan fingerprint density at radius 2 is 1.61 bits per heavy atom. The highest BCUT2D eigenvalue weighted by Gasteiger charge is 2.61. The van der Waals surface area contributed by atoms with Crippen LogP contribution in [0.5, 0.6) is 0 Å². The second-order valence-electron chi connectivity index (χ2n) is 14.5. The van der Waals surface area contributed by atoms with Crippen molar-refractivity contribution in [3.63, 3.8) is 0 Å². The Balaban J connectivity index is 1.27. The molecule has 0 radical (unpaired) electrons. The molecule has 4 saturated carbocycles. The molecule has 1 heteroatoms. The first-order chi connectivity index (χ1) is 17.1. The molecule has 1 N–H and O–H groups in total. The van der Waals surface area contributed by atoms with Crippen LogP contribution in [0.3, 0.4) is 0 Å². The zero-order valence-corrected chi connectivity index (χ0v) is 23.9. The van der Waals surface area contributed by atoms with Crippen molar-refractivity contribution >= 4 is 0 Å². The lowest BCUT2D eigenvalue weighted by molar-refractivity contribution is -0.140. The third-order valence-electron chi connectivity index (χ3n) is 12.1. The molecule has 0 saturated heterocycles. The van der Waals surface area contributed by atoms with Gasteiger partial charge in [0.1, 0.15) is 5.60 Å². The predicted octanol–water partition coefficient (Wildman–Crippen LogP) is 8.89. The van der Waals surface area contributed by atoms with Crippen LogP contribution in [0.4, 0.5) is 0 Å². The molecule has 0 heterocycles. The van der Waals surface area contributed by atoms with Gasteiger partial charge in [-0.25, -0.2) is 0 Å². The summed E-state index contributed by atoms with van der Waals surface area (Å²) < 4.78 is 0. The van der Waals surface area contributed by atoms with Crippen LogP contribution >= 0.6 is 0 Å². The van der Waals surface area contributed by atoms with E-state index in [1.165, 1.54) is 57.8 Å². The highest BCUT2D eigenvalue weighted by atomic mass is 16.3. The van der Waals surface area contributed by atoms with Crippen molar-refractivity contribution in [2.75, 3.05) is 0 Å². The molecule has 9 atom stereocenters. The Labute approximate surface area is 222 Å². The molecule has 4 fully saturated rings. The van der Waals surface area contributed by atoms with Gasteiger partial charge >= 0.3 is 0 Å². The Bertz CT molecular complexity index is 954. The van der Waals surface area contributed by atoms with Crippen molar-refractivity contribution in [2.24, 2.45) is 52.3 Å². The molecule has 0 unspecified atom stereocenters. The Morgan fingerprint density at radius 1 is 0.861 bits per heavy atom. The molecule has 1 aromatic carbocycles. The molecule has 198 valence electrons. The fraction of sp³-hybridized carbons (Fsp3) is 0.771. The summed E-state index contributed by atoms with van der Waals surface area (Å²) in [5, 5.41) is 11.5.